The molecule has 0 unspecified atom stereocenters. The summed E-state index contributed by atoms with van der Waals surface area (Å²) in [4.78, 5) is 16.8. The van der Waals surface area contributed by atoms with Gasteiger partial charge < -0.3 is 14.6 Å². The summed E-state index contributed by atoms with van der Waals surface area (Å²) in [7, 11) is 1.95. The third kappa shape index (κ3) is 3.25. The van der Waals surface area contributed by atoms with Crippen LogP contribution in [0.15, 0.2) is 12.5 Å². The fourth-order valence-corrected chi connectivity index (χ4v) is 3.68. The molecule has 1 saturated heterocycles. The van der Waals surface area contributed by atoms with Gasteiger partial charge in [0.15, 0.2) is 0 Å². The highest BCUT2D eigenvalue weighted by Gasteiger charge is 2.41. The fourth-order valence-electron chi connectivity index (χ4n) is 3.68. The first-order valence-electron chi connectivity index (χ1n) is 8.45. The van der Waals surface area contributed by atoms with E-state index in [0.717, 1.165) is 37.8 Å². The van der Waals surface area contributed by atoms with Crippen molar-refractivity contribution in [3.63, 3.8) is 0 Å². The van der Waals surface area contributed by atoms with Crippen molar-refractivity contribution in [1.82, 2.24) is 14.9 Å². The number of hydrogen-bond donors (Lipinski definition) is 1. The molecule has 1 aliphatic carbocycles. The van der Waals surface area contributed by atoms with Crippen molar-refractivity contribution in [2.75, 3.05) is 6.61 Å². The predicted octanol–water partition coefficient (Wildman–Crippen LogP) is 2.23. The summed E-state index contributed by atoms with van der Waals surface area (Å²) in [6.45, 7) is 0.611. The van der Waals surface area contributed by atoms with E-state index in [2.05, 4.69) is 16.4 Å². The van der Waals surface area contributed by atoms with Crippen molar-refractivity contribution in [2.45, 2.75) is 57.1 Å². The first-order chi connectivity index (χ1) is 11.1. The number of ether oxygens (including phenoxy) is 1. The van der Waals surface area contributed by atoms with Gasteiger partial charge in [-0.25, -0.2) is 4.98 Å². The van der Waals surface area contributed by atoms with E-state index in [4.69, 9.17) is 4.74 Å². The fraction of sp³-hybridized carbons (Fsp3) is 0.706. The minimum absolute atomic E-state index is 0.0501. The van der Waals surface area contributed by atoms with E-state index >= 15 is 0 Å². The van der Waals surface area contributed by atoms with Crippen LogP contribution in [-0.4, -0.2) is 28.1 Å². The molecule has 2 atom stereocenters. The summed E-state index contributed by atoms with van der Waals surface area (Å²) in [5.41, 5.74) is 0.204. The summed E-state index contributed by atoms with van der Waals surface area (Å²) in [5, 5.41) is 12.7. The van der Waals surface area contributed by atoms with Crippen LogP contribution in [0.4, 0.5) is 0 Å². The van der Waals surface area contributed by atoms with Crippen LogP contribution in [0.25, 0.3) is 0 Å². The number of carbonyl (C=O) groups excluding carboxylic acids is 1. The van der Waals surface area contributed by atoms with Gasteiger partial charge in [-0.3, -0.25) is 4.79 Å². The number of nitrogens with zero attached hydrogens (tertiary/aromatic N) is 3. The third-order valence-corrected chi connectivity index (χ3v) is 5.16. The lowest BCUT2D eigenvalue weighted by atomic mass is 9.74. The molecule has 1 amide bonds. The highest BCUT2D eigenvalue weighted by Crippen LogP contribution is 2.36. The van der Waals surface area contributed by atoms with Crippen molar-refractivity contribution in [3.05, 3.63) is 18.2 Å². The van der Waals surface area contributed by atoms with E-state index in [1.54, 1.807) is 6.33 Å². The molecule has 1 saturated carbocycles. The zero-order chi connectivity index (χ0) is 16.3. The van der Waals surface area contributed by atoms with Crippen LogP contribution < -0.4 is 5.32 Å². The van der Waals surface area contributed by atoms with E-state index < -0.39 is 5.41 Å². The predicted molar refractivity (Wildman–Crippen MR) is 84.2 cm³/mol. The molecule has 2 fully saturated rings. The molecule has 6 nitrogen and oxygen atoms in total. The number of nitrogens with one attached hydrogen (secondary N) is 1. The molecule has 6 heteroatoms. The van der Waals surface area contributed by atoms with Crippen molar-refractivity contribution in [3.8, 4) is 6.07 Å². The van der Waals surface area contributed by atoms with Crippen molar-refractivity contribution in [2.24, 2.45) is 12.5 Å². The van der Waals surface area contributed by atoms with Crippen LogP contribution in [0, 0.1) is 16.7 Å². The third-order valence-electron chi connectivity index (χ3n) is 5.16. The Balaban J connectivity index is 1.64. The van der Waals surface area contributed by atoms with Gasteiger partial charge in [0.2, 0.25) is 5.91 Å². The van der Waals surface area contributed by atoms with Crippen molar-refractivity contribution >= 4 is 5.91 Å². The second kappa shape index (κ2) is 6.71. The zero-order valence-electron chi connectivity index (χ0n) is 13.6. The lowest BCUT2D eigenvalue weighted by Gasteiger charge is -2.34. The van der Waals surface area contributed by atoms with Crippen molar-refractivity contribution < 1.29 is 9.53 Å². The molecule has 0 radical (unpaired) electrons. The van der Waals surface area contributed by atoms with Gasteiger partial charge in [0.25, 0.3) is 0 Å². The Morgan fingerprint density at radius 1 is 1.48 bits per heavy atom. The number of amides is 1. The van der Waals surface area contributed by atoms with E-state index in [1.807, 2.05) is 17.8 Å². The van der Waals surface area contributed by atoms with Gasteiger partial charge in [0.05, 0.1) is 24.3 Å². The molecule has 0 spiro atoms. The van der Waals surface area contributed by atoms with E-state index in [9.17, 15) is 10.1 Å². The molecule has 23 heavy (non-hydrogen) atoms. The SMILES string of the molecule is Cn1cncc1[C@@H]1C[C@H](NC(=O)C2(C#N)CCCCC2)CCO1. The van der Waals surface area contributed by atoms with E-state index in [-0.39, 0.29) is 18.1 Å². The normalized spacial score (nSPS) is 27.1. The first-order valence-corrected chi connectivity index (χ1v) is 8.45. The number of nitriles is 1. The second-order valence-corrected chi connectivity index (χ2v) is 6.74. The number of imidazole rings is 1. The van der Waals surface area contributed by atoms with Gasteiger partial charge in [-0.15, -0.1) is 0 Å². The van der Waals surface area contributed by atoms with Crippen LogP contribution >= 0.6 is 0 Å². The smallest absolute Gasteiger partial charge is 0.240 e. The lowest BCUT2D eigenvalue weighted by Crippen LogP contribution is -2.48. The second-order valence-electron chi connectivity index (χ2n) is 6.74. The molecule has 0 aromatic carbocycles. The molecule has 1 N–H and O–H groups in total. The Kier molecular flexibility index (Phi) is 4.67. The maximum atomic E-state index is 12.7. The molecule has 1 aromatic rings. The molecule has 124 valence electrons. The minimum atomic E-state index is -0.821. The Morgan fingerprint density at radius 2 is 2.26 bits per heavy atom. The number of rotatable bonds is 3. The van der Waals surface area contributed by atoms with Crippen LogP contribution in [0.2, 0.25) is 0 Å². The van der Waals surface area contributed by atoms with Gasteiger partial charge >= 0.3 is 0 Å². The lowest BCUT2D eigenvalue weighted by molar-refractivity contribution is -0.131. The minimum Gasteiger partial charge on any atom is -0.372 e. The molecular weight excluding hydrogens is 292 g/mol. The van der Waals surface area contributed by atoms with E-state index in [0.29, 0.717) is 19.4 Å². The van der Waals surface area contributed by atoms with Crippen LogP contribution in [-0.2, 0) is 16.6 Å². The number of aromatic nitrogens is 2. The largest absolute Gasteiger partial charge is 0.372 e. The van der Waals surface area contributed by atoms with Crippen LogP contribution in [0.5, 0.6) is 0 Å². The van der Waals surface area contributed by atoms with Crippen LogP contribution in [0.3, 0.4) is 0 Å². The van der Waals surface area contributed by atoms with Gasteiger partial charge in [-0.2, -0.15) is 5.26 Å². The molecule has 2 heterocycles. The van der Waals surface area contributed by atoms with Gasteiger partial charge in [-0.05, 0) is 25.7 Å². The molecule has 1 aliphatic heterocycles. The number of aryl methyl sites for hydroxylation is 1. The monoisotopic (exact) mass is 316 g/mol. The Hall–Kier alpha value is -1.87. The van der Waals surface area contributed by atoms with Crippen LogP contribution in [0.1, 0.15) is 56.7 Å². The summed E-state index contributed by atoms with van der Waals surface area (Å²) >= 11 is 0. The highest BCUT2D eigenvalue weighted by atomic mass is 16.5. The zero-order valence-corrected chi connectivity index (χ0v) is 13.6. The van der Waals surface area contributed by atoms with Gasteiger partial charge in [0, 0.05) is 19.7 Å². The summed E-state index contributed by atoms with van der Waals surface area (Å²) in [6.07, 6.45) is 9.46. The van der Waals surface area contributed by atoms with Gasteiger partial charge in [-0.1, -0.05) is 19.3 Å². The highest BCUT2D eigenvalue weighted by molar-refractivity contribution is 5.85. The average molecular weight is 316 g/mol. The standard InChI is InChI=1S/C17H24N4O2/c1-21-12-19-10-14(21)15-9-13(5-8-23-15)20-16(22)17(11-18)6-3-2-4-7-17/h10,12-13,15H,2-9H2,1H3,(H,20,22)/t13-,15+/m1/s1. The average Bonchev–Trinajstić information content (AvgIpc) is 3.01. The summed E-state index contributed by atoms with van der Waals surface area (Å²) in [5.74, 6) is -0.0876. The quantitative estimate of drug-likeness (QED) is 0.927. The molecule has 3 rings (SSSR count). The van der Waals surface area contributed by atoms with Gasteiger partial charge in [0.1, 0.15) is 11.5 Å². The first kappa shape index (κ1) is 16.0. The maximum Gasteiger partial charge on any atom is 0.240 e. The molecular formula is C17H24N4O2. The van der Waals surface area contributed by atoms with E-state index in [1.165, 1.54) is 0 Å². The molecule has 2 aliphatic rings. The summed E-state index contributed by atoms with van der Waals surface area (Å²) in [6, 6.07) is 2.36. The summed E-state index contributed by atoms with van der Waals surface area (Å²) < 4.78 is 7.79. The molecule has 1 aromatic heterocycles. The number of carbonyl (C=O) groups is 1. The van der Waals surface area contributed by atoms with Crippen molar-refractivity contribution in [1.29, 1.82) is 5.26 Å². The Morgan fingerprint density at radius 3 is 2.91 bits per heavy atom. The topological polar surface area (TPSA) is 79.9 Å². The maximum absolute atomic E-state index is 12.7. The Labute approximate surface area is 136 Å². The Bertz CT molecular complexity index is 598. The number of hydrogen-bond acceptors (Lipinski definition) is 4. The molecule has 0 bridgehead atoms.